The van der Waals surface area contributed by atoms with Crippen LogP contribution in [0, 0.1) is 0 Å². The molecule has 172 valence electrons. The molecule has 1 heterocycles. The minimum Gasteiger partial charge on any atom is -0.406 e. The molecule has 1 saturated heterocycles. The predicted octanol–water partition coefficient (Wildman–Crippen LogP) is 5.50. The summed E-state index contributed by atoms with van der Waals surface area (Å²) in [5.41, 5.74) is -2.36. The van der Waals surface area contributed by atoms with Gasteiger partial charge < -0.3 is 14.9 Å². The van der Waals surface area contributed by atoms with E-state index < -0.39 is 30.1 Å². The standard InChI is InChI=1S/C22H15Cl2F3N2O4/c23-14-4-8-16(9-5-14)28-19(30)21(32,13-2-1-3-18(12-13)33-22(25,26)27)29(20(28)31)17-10-6-15(24)7-11-17/h1-12,19,30,32H/t19-,21?/m1/s1. The Labute approximate surface area is 195 Å². The summed E-state index contributed by atoms with van der Waals surface area (Å²) in [5, 5.41) is 23.6. The van der Waals surface area contributed by atoms with Gasteiger partial charge in [-0.2, -0.15) is 0 Å². The van der Waals surface area contributed by atoms with Gasteiger partial charge in [0.2, 0.25) is 5.72 Å². The molecule has 1 unspecified atom stereocenters. The van der Waals surface area contributed by atoms with Crippen LogP contribution in [0.25, 0.3) is 0 Å². The van der Waals surface area contributed by atoms with Gasteiger partial charge in [0.25, 0.3) is 0 Å². The maximum atomic E-state index is 13.4. The van der Waals surface area contributed by atoms with E-state index in [1.165, 1.54) is 60.7 Å². The van der Waals surface area contributed by atoms with Crippen molar-refractivity contribution >= 4 is 40.6 Å². The minimum absolute atomic E-state index is 0.143. The number of ether oxygens (including phenoxy) is 1. The summed E-state index contributed by atoms with van der Waals surface area (Å²) in [6, 6.07) is 15.2. The van der Waals surface area contributed by atoms with Gasteiger partial charge in [-0.25, -0.2) is 4.79 Å². The molecule has 33 heavy (non-hydrogen) atoms. The largest absolute Gasteiger partial charge is 0.573 e. The second kappa shape index (κ2) is 8.42. The molecule has 1 aliphatic rings. The van der Waals surface area contributed by atoms with Crippen molar-refractivity contribution < 1.29 is 32.9 Å². The van der Waals surface area contributed by atoms with Crippen LogP contribution in [0.2, 0.25) is 10.0 Å². The maximum absolute atomic E-state index is 13.4. The predicted molar refractivity (Wildman–Crippen MR) is 116 cm³/mol. The van der Waals surface area contributed by atoms with Crippen molar-refractivity contribution in [2.24, 2.45) is 0 Å². The SMILES string of the molecule is O=C1N(c2ccc(Cl)cc2)[C@H](O)C(O)(c2cccc(OC(F)(F)F)c2)N1c1ccc(Cl)cc1. The third-order valence-corrected chi connectivity index (χ3v) is 5.53. The van der Waals surface area contributed by atoms with E-state index in [1.54, 1.807) is 0 Å². The lowest BCUT2D eigenvalue weighted by Crippen LogP contribution is -2.49. The van der Waals surface area contributed by atoms with Gasteiger partial charge in [-0.05, 0) is 60.7 Å². The van der Waals surface area contributed by atoms with Gasteiger partial charge in [-0.3, -0.25) is 9.80 Å². The number of aliphatic hydroxyl groups is 2. The Morgan fingerprint density at radius 3 is 2.00 bits per heavy atom. The van der Waals surface area contributed by atoms with Crippen molar-refractivity contribution in [1.82, 2.24) is 0 Å². The lowest BCUT2D eigenvalue weighted by molar-refractivity contribution is -0.274. The van der Waals surface area contributed by atoms with Crippen LogP contribution in [0.3, 0.4) is 0 Å². The van der Waals surface area contributed by atoms with E-state index >= 15 is 0 Å². The number of hydrogen-bond acceptors (Lipinski definition) is 4. The molecule has 2 N–H and O–H groups in total. The normalized spacial score (nSPS) is 20.9. The fourth-order valence-corrected chi connectivity index (χ4v) is 3.86. The molecule has 0 radical (unpaired) electrons. The minimum atomic E-state index is -4.98. The average Bonchev–Trinajstić information content (AvgIpc) is 2.95. The molecule has 0 aliphatic carbocycles. The van der Waals surface area contributed by atoms with E-state index in [4.69, 9.17) is 23.2 Å². The van der Waals surface area contributed by atoms with Crippen LogP contribution < -0.4 is 14.5 Å². The Kier molecular flexibility index (Phi) is 5.92. The molecule has 2 amide bonds. The molecule has 11 heteroatoms. The molecule has 0 bridgehead atoms. The van der Waals surface area contributed by atoms with Gasteiger partial charge in [-0.15, -0.1) is 13.2 Å². The third-order valence-electron chi connectivity index (χ3n) is 5.02. The van der Waals surface area contributed by atoms with Gasteiger partial charge in [-0.1, -0.05) is 35.3 Å². The number of amides is 2. The summed E-state index contributed by atoms with van der Waals surface area (Å²) in [4.78, 5) is 15.2. The van der Waals surface area contributed by atoms with Crippen molar-refractivity contribution in [3.63, 3.8) is 0 Å². The number of aliphatic hydroxyl groups excluding tert-OH is 1. The molecular weight excluding hydrogens is 484 g/mol. The number of rotatable bonds is 4. The number of alkyl halides is 3. The molecule has 6 nitrogen and oxygen atoms in total. The van der Waals surface area contributed by atoms with Crippen LogP contribution in [-0.4, -0.2) is 28.8 Å². The lowest BCUT2D eigenvalue weighted by atomic mass is 9.99. The molecule has 0 saturated carbocycles. The fraction of sp³-hybridized carbons (Fsp3) is 0.136. The Morgan fingerprint density at radius 2 is 1.45 bits per heavy atom. The zero-order valence-corrected chi connectivity index (χ0v) is 18.0. The van der Waals surface area contributed by atoms with E-state index in [9.17, 15) is 28.2 Å². The van der Waals surface area contributed by atoms with Gasteiger partial charge in [0.1, 0.15) is 5.75 Å². The average molecular weight is 499 g/mol. The number of nitrogens with zero attached hydrogens (tertiary/aromatic N) is 2. The van der Waals surface area contributed by atoms with Crippen LogP contribution in [0.4, 0.5) is 29.3 Å². The van der Waals surface area contributed by atoms with Gasteiger partial charge in [0.15, 0.2) is 6.23 Å². The van der Waals surface area contributed by atoms with Gasteiger partial charge in [0, 0.05) is 27.0 Å². The summed E-state index contributed by atoms with van der Waals surface area (Å²) in [5.74, 6) is -0.630. The Morgan fingerprint density at radius 1 is 0.909 bits per heavy atom. The number of benzene rings is 3. The number of carbonyl (C=O) groups excluding carboxylic acids is 1. The van der Waals surface area contributed by atoms with Crippen LogP contribution in [0.1, 0.15) is 5.56 Å². The van der Waals surface area contributed by atoms with Crippen molar-refractivity contribution in [2.75, 3.05) is 9.80 Å². The van der Waals surface area contributed by atoms with E-state index in [0.29, 0.717) is 10.0 Å². The molecule has 4 rings (SSSR count). The van der Waals surface area contributed by atoms with Crippen molar-refractivity contribution in [1.29, 1.82) is 0 Å². The second-order valence-corrected chi connectivity index (χ2v) is 7.99. The molecule has 2 atom stereocenters. The summed E-state index contributed by atoms with van der Waals surface area (Å²) < 4.78 is 42.2. The van der Waals surface area contributed by atoms with E-state index in [-0.39, 0.29) is 16.9 Å². The molecule has 3 aromatic rings. The van der Waals surface area contributed by atoms with Gasteiger partial charge in [0.05, 0.1) is 0 Å². The molecule has 1 fully saturated rings. The number of anilines is 2. The maximum Gasteiger partial charge on any atom is 0.573 e. The monoisotopic (exact) mass is 498 g/mol. The first-order chi connectivity index (χ1) is 15.5. The summed E-state index contributed by atoms with van der Waals surface area (Å²) in [7, 11) is 0. The topological polar surface area (TPSA) is 73.2 Å². The molecule has 0 spiro atoms. The first-order valence-corrected chi connectivity index (χ1v) is 10.2. The summed E-state index contributed by atoms with van der Waals surface area (Å²) >= 11 is 11.8. The zero-order chi connectivity index (χ0) is 24.0. The number of halogens is 5. The Balaban J connectivity index is 1.87. The second-order valence-electron chi connectivity index (χ2n) is 7.12. The van der Waals surface area contributed by atoms with Crippen molar-refractivity contribution in [3.8, 4) is 5.75 Å². The van der Waals surface area contributed by atoms with Crippen LogP contribution in [0.15, 0.2) is 72.8 Å². The zero-order valence-electron chi connectivity index (χ0n) is 16.5. The number of urea groups is 1. The highest BCUT2D eigenvalue weighted by Crippen LogP contribution is 2.44. The highest BCUT2D eigenvalue weighted by molar-refractivity contribution is 6.31. The van der Waals surface area contributed by atoms with Crippen LogP contribution >= 0.6 is 23.2 Å². The summed E-state index contributed by atoms with van der Waals surface area (Å²) in [6.45, 7) is 0. The summed E-state index contributed by atoms with van der Waals surface area (Å²) in [6.07, 6.45) is -6.89. The third kappa shape index (κ3) is 4.32. The van der Waals surface area contributed by atoms with Gasteiger partial charge >= 0.3 is 12.4 Å². The van der Waals surface area contributed by atoms with Crippen LogP contribution in [0.5, 0.6) is 5.75 Å². The number of hydrogen-bond donors (Lipinski definition) is 2. The first-order valence-electron chi connectivity index (χ1n) is 9.42. The smallest absolute Gasteiger partial charge is 0.406 e. The number of carbonyl (C=O) groups is 1. The van der Waals surface area contributed by atoms with E-state index in [1.807, 2.05) is 0 Å². The molecular formula is C22H15Cl2F3N2O4. The molecule has 3 aromatic carbocycles. The molecule has 1 aliphatic heterocycles. The lowest BCUT2D eigenvalue weighted by Gasteiger charge is -2.34. The Bertz CT molecular complexity index is 1180. The highest BCUT2D eigenvalue weighted by atomic mass is 35.5. The highest BCUT2D eigenvalue weighted by Gasteiger charge is 2.58. The first kappa shape index (κ1) is 23.2. The molecule has 0 aromatic heterocycles. The Hall–Kier alpha value is -2.98. The fourth-order valence-electron chi connectivity index (χ4n) is 3.60. The van der Waals surface area contributed by atoms with Crippen LogP contribution in [-0.2, 0) is 5.72 Å². The van der Waals surface area contributed by atoms with Crippen molar-refractivity contribution in [2.45, 2.75) is 18.3 Å². The van der Waals surface area contributed by atoms with E-state index in [2.05, 4.69) is 4.74 Å². The van der Waals surface area contributed by atoms with E-state index in [0.717, 1.165) is 21.9 Å². The quantitative estimate of drug-likeness (QED) is 0.497. The van der Waals surface area contributed by atoms with Crippen molar-refractivity contribution in [3.05, 3.63) is 88.4 Å².